The zero-order valence-electron chi connectivity index (χ0n) is 13.8. The van der Waals surface area contributed by atoms with Crippen molar-refractivity contribution in [1.82, 2.24) is 20.6 Å². The van der Waals surface area contributed by atoms with Gasteiger partial charge in [-0.05, 0) is 13.8 Å². The molecule has 0 atom stereocenters. The third-order valence-electron chi connectivity index (χ3n) is 2.74. The van der Waals surface area contributed by atoms with Gasteiger partial charge in [-0.3, -0.25) is 0 Å². The minimum atomic E-state index is 0. The van der Waals surface area contributed by atoms with Gasteiger partial charge in [0.2, 0.25) is 0 Å². The molecule has 0 fully saturated rings. The maximum absolute atomic E-state index is 4.58. The summed E-state index contributed by atoms with van der Waals surface area (Å²) in [4.78, 5) is 16.7. The molecule has 0 aliphatic heterocycles. The third kappa shape index (κ3) is 6.60. The molecule has 2 aromatic heterocycles. The van der Waals surface area contributed by atoms with Crippen LogP contribution in [0.15, 0.2) is 16.6 Å². The minimum Gasteiger partial charge on any atom is -0.357 e. The average molecular weight is 466 g/mol. The Kier molecular flexibility index (Phi) is 8.77. The lowest BCUT2D eigenvalue weighted by atomic mass is 10.5. The summed E-state index contributed by atoms with van der Waals surface area (Å²) in [6.45, 7) is 6.19. The Bertz CT molecular complexity index is 622. The summed E-state index contributed by atoms with van der Waals surface area (Å²) in [5, 5.41) is 10.7. The standard InChI is InChI=1S/C14H22N6S2.HI/c1-5-15-13(18-8-12-16-6-10(2)22-12)17-7-11-9-21-14(19-11)20(3)4;/h6,9H,5,7-8H2,1-4H3,(H2,15,17,18);1H. The summed E-state index contributed by atoms with van der Waals surface area (Å²) in [6.07, 6.45) is 1.89. The van der Waals surface area contributed by atoms with Crippen molar-refractivity contribution in [2.24, 2.45) is 4.99 Å². The number of nitrogens with zero attached hydrogens (tertiary/aromatic N) is 4. The second-order valence-corrected chi connectivity index (χ2v) is 7.09. The topological polar surface area (TPSA) is 65.4 Å². The normalized spacial score (nSPS) is 11.0. The molecule has 2 aromatic rings. The average Bonchev–Trinajstić information content (AvgIpc) is 3.11. The van der Waals surface area contributed by atoms with Crippen LogP contribution in [0.4, 0.5) is 5.13 Å². The lowest BCUT2D eigenvalue weighted by molar-refractivity contribution is 0.808. The maximum atomic E-state index is 4.58. The fourth-order valence-electron chi connectivity index (χ4n) is 1.72. The fraction of sp³-hybridized carbons (Fsp3) is 0.500. The van der Waals surface area contributed by atoms with E-state index >= 15 is 0 Å². The van der Waals surface area contributed by atoms with Crippen molar-refractivity contribution in [3.8, 4) is 0 Å². The Morgan fingerprint density at radius 3 is 2.70 bits per heavy atom. The van der Waals surface area contributed by atoms with Gasteiger partial charge in [-0.2, -0.15) is 0 Å². The molecule has 0 aliphatic carbocycles. The Morgan fingerprint density at radius 2 is 2.13 bits per heavy atom. The van der Waals surface area contributed by atoms with E-state index < -0.39 is 0 Å². The predicted molar refractivity (Wildman–Crippen MR) is 110 cm³/mol. The molecule has 0 saturated carbocycles. The molecule has 2 heterocycles. The molecule has 2 N–H and O–H groups in total. The van der Waals surface area contributed by atoms with Crippen molar-refractivity contribution in [2.45, 2.75) is 26.9 Å². The van der Waals surface area contributed by atoms with Crippen LogP contribution in [0.5, 0.6) is 0 Å². The molecule has 0 amide bonds. The molecule has 0 spiro atoms. The van der Waals surface area contributed by atoms with E-state index in [1.54, 1.807) is 22.7 Å². The van der Waals surface area contributed by atoms with Crippen LogP contribution in [0.25, 0.3) is 0 Å². The first kappa shape index (κ1) is 20.1. The molecule has 128 valence electrons. The van der Waals surface area contributed by atoms with Crippen LogP contribution in [0.1, 0.15) is 22.5 Å². The lowest BCUT2D eigenvalue weighted by Crippen LogP contribution is -2.36. The summed E-state index contributed by atoms with van der Waals surface area (Å²) in [5.74, 6) is 0.787. The number of hydrogen-bond acceptors (Lipinski definition) is 6. The number of aliphatic imine (C=N–C) groups is 1. The fourth-order valence-corrected chi connectivity index (χ4v) is 3.19. The number of hydrogen-bond donors (Lipinski definition) is 2. The molecule has 0 unspecified atom stereocenters. The van der Waals surface area contributed by atoms with Gasteiger partial charge < -0.3 is 15.5 Å². The largest absolute Gasteiger partial charge is 0.357 e. The highest BCUT2D eigenvalue weighted by Crippen LogP contribution is 2.18. The molecule has 23 heavy (non-hydrogen) atoms. The quantitative estimate of drug-likeness (QED) is 0.390. The van der Waals surface area contributed by atoms with Crippen molar-refractivity contribution >= 4 is 57.7 Å². The van der Waals surface area contributed by atoms with Crippen LogP contribution < -0.4 is 15.5 Å². The molecule has 0 saturated heterocycles. The molecular weight excluding hydrogens is 443 g/mol. The van der Waals surface area contributed by atoms with Gasteiger partial charge in [0, 0.05) is 37.1 Å². The first-order valence-corrected chi connectivity index (χ1v) is 8.83. The summed E-state index contributed by atoms with van der Waals surface area (Å²) in [5.41, 5.74) is 0.982. The minimum absolute atomic E-state index is 0. The number of nitrogens with one attached hydrogen (secondary N) is 2. The third-order valence-corrected chi connectivity index (χ3v) is 4.71. The molecule has 9 heteroatoms. The van der Waals surface area contributed by atoms with E-state index in [2.05, 4.69) is 39.4 Å². The van der Waals surface area contributed by atoms with Crippen LogP contribution in [0, 0.1) is 6.92 Å². The monoisotopic (exact) mass is 466 g/mol. The molecule has 0 bridgehead atoms. The number of rotatable bonds is 6. The van der Waals surface area contributed by atoms with E-state index in [9.17, 15) is 0 Å². The van der Waals surface area contributed by atoms with E-state index in [0.29, 0.717) is 13.1 Å². The van der Waals surface area contributed by atoms with Gasteiger partial charge in [-0.15, -0.1) is 46.7 Å². The van der Waals surface area contributed by atoms with Crippen LogP contribution in [0.2, 0.25) is 0 Å². The van der Waals surface area contributed by atoms with Crippen LogP contribution in [-0.2, 0) is 13.1 Å². The Hall–Kier alpha value is -0.940. The first-order chi connectivity index (χ1) is 10.6. The van der Waals surface area contributed by atoms with E-state index in [0.717, 1.165) is 28.3 Å². The lowest BCUT2D eigenvalue weighted by Gasteiger charge is -2.09. The van der Waals surface area contributed by atoms with Gasteiger partial charge in [-0.25, -0.2) is 15.0 Å². The number of aromatic nitrogens is 2. The van der Waals surface area contributed by atoms with Gasteiger partial charge in [0.05, 0.1) is 18.8 Å². The highest BCUT2D eigenvalue weighted by molar-refractivity contribution is 14.0. The van der Waals surface area contributed by atoms with Gasteiger partial charge >= 0.3 is 0 Å². The van der Waals surface area contributed by atoms with Crippen molar-refractivity contribution in [3.05, 3.63) is 27.2 Å². The van der Waals surface area contributed by atoms with E-state index in [1.165, 1.54) is 4.88 Å². The number of halogens is 1. The smallest absolute Gasteiger partial charge is 0.191 e. The zero-order chi connectivity index (χ0) is 15.9. The van der Waals surface area contributed by atoms with Gasteiger partial charge in [0.25, 0.3) is 0 Å². The predicted octanol–water partition coefficient (Wildman–Crippen LogP) is 2.85. The highest BCUT2D eigenvalue weighted by Gasteiger charge is 2.05. The second-order valence-electron chi connectivity index (χ2n) is 4.93. The van der Waals surface area contributed by atoms with Gasteiger partial charge in [-0.1, -0.05) is 0 Å². The molecular formula is C14H23IN6S2. The van der Waals surface area contributed by atoms with Crippen molar-refractivity contribution in [3.63, 3.8) is 0 Å². The van der Waals surface area contributed by atoms with E-state index in [1.807, 2.05) is 30.6 Å². The van der Waals surface area contributed by atoms with Crippen molar-refractivity contribution in [1.29, 1.82) is 0 Å². The molecule has 0 aromatic carbocycles. The molecule has 2 rings (SSSR count). The maximum Gasteiger partial charge on any atom is 0.191 e. The Balaban J connectivity index is 0.00000264. The Morgan fingerprint density at radius 1 is 1.35 bits per heavy atom. The summed E-state index contributed by atoms with van der Waals surface area (Å²) in [7, 11) is 3.99. The van der Waals surface area contributed by atoms with Crippen molar-refractivity contribution < 1.29 is 0 Å². The summed E-state index contributed by atoms with van der Waals surface area (Å²) in [6, 6.07) is 0. The molecule has 0 radical (unpaired) electrons. The van der Waals surface area contributed by atoms with Crippen LogP contribution in [-0.4, -0.2) is 36.6 Å². The number of guanidine groups is 1. The zero-order valence-corrected chi connectivity index (χ0v) is 17.8. The summed E-state index contributed by atoms with van der Waals surface area (Å²) >= 11 is 3.33. The van der Waals surface area contributed by atoms with Gasteiger partial charge in [0.1, 0.15) is 5.01 Å². The van der Waals surface area contributed by atoms with Crippen molar-refractivity contribution in [2.75, 3.05) is 25.5 Å². The number of anilines is 1. The Labute approximate surface area is 162 Å². The first-order valence-electron chi connectivity index (χ1n) is 7.13. The number of aryl methyl sites for hydroxylation is 1. The second kappa shape index (κ2) is 10.0. The summed E-state index contributed by atoms with van der Waals surface area (Å²) < 4.78 is 0. The molecule has 6 nitrogen and oxygen atoms in total. The van der Waals surface area contributed by atoms with E-state index in [4.69, 9.17) is 0 Å². The molecule has 0 aliphatic rings. The van der Waals surface area contributed by atoms with Crippen LogP contribution >= 0.6 is 46.7 Å². The van der Waals surface area contributed by atoms with E-state index in [-0.39, 0.29) is 24.0 Å². The highest BCUT2D eigenvalue weighted by atomic mass is 127. The SMILES string of the molecule is CCNC(=NCc1csc(N(C)C)n1)NCc1ncc(C)s1.I. The van der Waals surface area contributed by atoms with Crippen LogP contribution in [0.3, 0.4) is 0 Å². The van der Waals surface area contributed by atoms with Gasteiger partial charge in [0.15, 0.2) is 11.1 Å². The number of thiazole rings is 2.